The van der Waals surface area contributed by atoms with Crippen LogP contribution in [-0.4, -0.2) is 23.9 Å². The van der Waals surface area contributed by atoms with Crippen molar-refractivity contribution in [2.24, 2.45) is 5.92 Å². The number of nitrogens with zero attached hydrogens (tertiary/aromatic N) is 2. The van der Waals surface area contributed by atoms with Crippen LogP contribution >= 0.6 is 11.6 Å². The molecule has 2 heterocycles. The number of amides is 2. The minimum absolute atomic E-state index is 0.356. The Morgan fingerprint density at radius 2 is 1.37 bits per heavy atom. The number of para-hydroxylation sites is 1. The second-order valence-corrected chi connectivity index (χ2v) is 9.41. The van der Waals surface area contributed by atoms with Crippen molar-refractivity contribution in [2.75, 3.05) is 9.96 Å². The molecule has 0 radical (unpaired) electrons. The lowest BCUT2D eigenvalue weighted by Crippen LogP contribution is -2.37. The summed E-state index contributed by atoms with van der Waals surface area (Å²) in [6.07, 6.45) is -0.987. The number of esters is 1. The first-order valence-electron chi connectivity index (χ1n) is 12.0. The van der Waals surface area contributed by atoms with Crippen molar-refractivity contribution in [1.29, 1.82) is 0 Å². The van der Waals surface area contributed by atoms with Gasteiger partial charge in [0.25, 0.3) is 5.91 Å². The molecule has 0 spiro atoms. The molecule has 4 aromatic carbocycles. The van der Waals surface area contributed by atoms with Crippen LogP contribution in [0.1, 0.15) is 22.0 Å². The van der Waals surface area contributed by atoms with Crippen LogP contribution in [0.4, 0.5) is 11.4 Å². The molecule has 4 aromatic rings. The number of benzene rings is 4. The molecule has 7 nitrogen and oxygen atoms in total. The molecule has 8 heteroatoms. The fourth-order valence-corrected chi connectivity index (χ4v) is 5.00. The lowest BCUT2D eigenvalue weighted by Gasteiger charge is -2.28. The van der Waals surface area contributed by atoms with Crippen molar-refractivity contribution in [1.82, 2.24) is 0 Å². The average Bonchev–Trinajstić information content (AvgIpc) is 3.46. The SMILES string of the molecule is O=C(Oc1ccc([C@@H]2[C@H]3C(=O)N(c4ccc(Cl)cc4)C(=O)[C@@H]3ON2c2ccccc2)cc1)c1ccccc1. The van der Waals surface area contributed by atoms with Gasteiger partial charge in [-0.15, -0.1) is 0 Å². The third kappa shape index (κ3) is 4.22. The van der Waals surface area contributed by atoms with E-state index in [1.165, 1.54) is 0 Å². The van der Waals surface area contributed by atoms with Gasteiger partial charge in [-0.05, 0) is 66.2 Å². The van der Waals surface area contributed by atoms with Crippen molar-refractivity contribution in [3.05, 3.63) is 125 Å². The highest BCUT2D eigenvalue weighted by atomic mass is 35.5. The Balaban J connectivity index is 1.32. The highest BCUT2D eigenvalue weighted by Crippen LogP contribution is 2.47. The van der Waals surface area contributed by atoms with Crippen LogP contribution in [0.3, 0.4) is 0 Å². The van der Waals surface area contributed by atoms with E-state index in [0.717, 1.165) is 10.5 Å². The molecule has 0 bridgehead atoms. The largest absolute Gasteiger partial charge is 0.423 e. The number of anilines is 2. The number of halogens is 1. The molecule has 0 aliphatic carbocycles. The number of hydrogen-bond acceptors (Lipinski definition) is 6. The molecule has 2 saturated heterocycles. The maximum absolute atomic E-state index is 13.7. The van der Waals surface area contributed by atoms with Gasteiger partial charge in [0.05, 0.1) is 23.0 Å². The van der Waals surface area contributed by atoms with E-state index in [2.05, 4.69) is 0 Å². The van der Waals surface area contributed by atoms with E-state index in [1.807, 2.05) is 36.4 Å². The summed E-state index contributed by atoms with van der Waals surface area (Å²) in [4.78, 5) is 46.9. The lowest BCUT2D eigenvalue weighted by molar-refractivity contribution is -0.126. The quantitative estimate of drug-likeness (QED) is 0.192. The predicted molar refractivity (Wildman–Crippen MR) is 142 cm³/mol. The summed E-state index contributed by atoms with van der Waals surface area (Å²) in [6.45, 7) is 0. The third-order valence-corrected chi connectivity index (χ3v) is 6.90. The predicted octanol–water partition coefficient (Wildman–Crippen LogP) is 5.61. The van der Waals surface area contributed by atoms with Crippen LogP contribution in [-0.2, 0) is 14.4 Å². The normalized spacial score (nSPS) is 20.5. The van der Waals surface area contributed by atoms with Gasteiger partial charge in [-0.1, -0.05) is 60.1 Å². The van der Waals surface area contributed by atoms with E-state index in [-0.39, 0.29) is 5.91 Å². The third-order valence-electron chi connectivity index (χ3n) is 6.65. The zero-order valence-electron chi connectivity index (χ0n) is 19.9. The zero-order valence-corrected chi connectivity index (χ0v) is 20.7. The number of carbonyl (C=O) groups excluding carboxylic acids is 3. The molecule has 188 valence electrons. The van der Waals surface area contributed by atoms with Gasteiger partial charge in [0.2, 0.25) is 5.91 Å². The van der Waals surface area contributed by atoms with E-state index in [4.69, 9.17) is 21.2 Å². The summed E-state index contributed by atoms with van der Waals surface area (Å²) < 4.78 is 5.52. The number of hydrogen-bond donors (Lipinski definition) is 0. The number of ether oxygens (including phenoxy) is 1. The fourth-order valence-electron chi connectivity index (χ4n) is 4.87. The average molecular weight is 525 g/mol. The summed E-state index contributed by atoms with van der Waals surface area (Å²) in [5, 5.41) is 2.13. The van der Waals surface area contributed by atoms with Crippen molar-refractivity contribution in [2.45, 2.75) is 12.1 Å². The van der Waals surface area contributed by atoms with Crippen molar-refractivity contribution >= 4 is 40.8 Å². The van der Waals surface area contributed by atoms with Crippen LogP contribution in [0.2, 0.25) is 5.02 Å². The molecular weight excluding hydrogens is 504 g/mol. The van der Waals surface area contributed by atoms with Gasteiger partial charge in [0.15, 0.2) is 6.10 Å². The Bertz CT molecular complexity index is 1490. The molecule has 2 aliphatic heterocycles. The summed E-state index contributed by atoms with van der Waals surface area (Å²) in [7, 11) is 0. The van der Waals surface area contributed by atoms with Gasteiger partial charge < -0.3 is 4.74 Å². The van der Waals surface area contributed by atoms with Crippen LogP contribution in [0.15, 0.2) is 109 Å². The summed E-state index contributed by atoms with van der Waals surface area (Å²) in [5.41, 5.74) is 2.33. The minimum atomic E-state index is -0.987. The Morgan fingerprint density at radius 1 is 0.737 bits per heavy atom. The first kappa shape index (κ1) is 23.9. The van der Waals surface area contributed by atoms with Crippen molar-refractivity contribution < 1.29 is 24.0 Å². The summed E-state index contributed by atoms with van der Waals surface area (Å²) in [5.74, 6) is -1.68. The Kier molecular flexibility index (Phi) is 6.15. The lowest BCUT2D eigenvalue weighted by atomic mass is 9.90. The number of rotatable bonds is 5. The van der Waals surface area contributed by atoms with Crippen LogP contribution < -0.4 is 14.7 Å². The van der Waals surface area contributed by atoms with Gasteiger partial charge in [-0.2, -0.15) is 0 Å². The van der Waals surface area contributed by atoms with Gasteiger partial charge in [0, 0.05) is 5.02 Å². The minimum Gasteiger partial charge on any atom is -0.423 e. The Morgan fingerprint density at radius 3 is 2.03 bits per heavy atom. The van der Waals surface area contributed by atoms with E-state index in [9.17, 15) is 14.4 Å². The molecule has 0 aromatic heterocycles. The number of carbonyl (C=O) groups is 3. The summed E-state index contributed by atoms with van der Waals surface area (Å²) >= 11 is 6.01. The molecule has 2 fully saturated rings. The van der Waals surface area contributed by atoms with Gasteiger partial charge >= 0.3 is 5.97 Å². The van der Waals surface area contributed by atoms with E-state index < -0.39 is 29.9 Å². The zero-order chi connectivity index (χ0) is 26.2. The van der Waals surface area contributed by atoms with Gasteiger partial charge in [-0.3, -0.25) is 14.4 Å². The highest BCUT2D eigenvalue weighted by Gasteiger charge is 2.60. The first-order valence-corrected chi connectivity index (χ1v) is 12.4. The molecule has 2 amide bonds. The molecule has 2 aliphatic rings. The van der Waals surface area contributed by atoms with E-state index in [0.29, 0.717) is 27.7 Å². The van der Waals surface area contributed by atoms with Gasteiger partial charge in [-0.25, -0.2) is 14.8 Å². The topological polar surface area (TPSA) is 76.2 Å². The highest BCUT2D eigenvalue weighted by molar-refractivity contribution is 6.31. The second kappa shape index (κ2) is 9.78. The van der Waals surface area contributed by atoms with E-state index in [1.54, 1.807) is 77.9 Å². The number of fused-ring (bicyclic) bond motifs is 1. The smallest absolute Gasteiger partial charge is 0.343 e. The van der Waals surface area contributed by atoms with Crippen LogP contribution in [0, 0.1) is 5.92 Å². The molecule has 0 N–H and O–H groups in total. The standard InChI is InChI=1S/C30H21ClN2O5/c31-21-13-15-22(16-14-21)32-28(34)25-26(33(38-27(25)29(32)35)23-9-5-2-6-10-23)19-11-17-24(18-12-19)37-30(36)20-7-3-1-4-8-20/h1-18,25-27H/t25-,26-,27-/m1/s1. The van der Waals surface area contributed by atoms with Crippen LogP contribution in [0.5, 0.6) is 5.75 Å². The van der Waals surface area contributed by atoms with Crippen molar-refractivity contribution in [3.8, 4) is 5.75 Å². The maximum atomic E-state index is 13.7. The van der Waals surface area contributed by atoms with Crippen LogP contribution in [0.25, 0.3) is 0 Å². The molecule has 0 unspecified atom stereocenters. The fraction of sp³-hybridized carbons (Fsp3) is 0.100. The van der Waals surface area contributed by atoms with Crippen molar-refractivity contribution in [3.63, 3.8) is 0 Å². The molecule has 3 atom stereocenters. The molecular formula is C30H21ClN2O5. The Hall–Kier alpha value is -4.46. The van der Waals surface area contributed by atoms with Gasteiger partial charge in [0.1, 0.15) is 11.7 Å². The first-order chi connectivity index (χ1) is 18.5. The van der Waals surface area contributed by atoms with E-state index >= 15 is 0 Å². The molecule has 6 rings (SSSR count). The Labute approximate surface area is 223 Å². The monoisotopic (exact) mass is 524 g/mol. The summed E-state index contributed by atoms with van der Waals surface area (Å²) in [6, 6.07) is 30.9. The number of hydroxylamine groups is 1. The maximum Gasteiger partial charge on any atom is 0.343 e. The second-order valence-electron chi connectivity index (χ2n) is 8.97. The molecule has 0 saturated carbocycles. The molecule has 38 heavy (non-hydrogen) atoms. The number of imide groups is 1.